The Balaban J connectivity index is 2.71. The van der Waals surface area contributed by atoms with Gasteiger partial charge in [0, 0.05) is 24.7 Å². The second kappa shape index (κ2) is 7.11. The zero-order chi connectivity index (χ0) is 13.5. The van der Waals surface area contributed by atoms with Gasteiger partial charge in [0.2, 0.25) is 5.91 Å². The van der Waals surface area contributed by atoms with E-state index < -0.39 is 0 Å². The zero-order valence-corrected chi connectivity index (χ0v) is 11.8. The van der Waals surface area contributed by atoms with Gasteiger partial charge in [0.05, 0.1) is 0 Å². The lowest BCUT2D eigenvalue weighted by Crippen LogP contribution is -2.26. The van der Waals surface area contributed by atoms with Crippen LogP contribution in [0, 0.1) is 0 Å². The lowest BCUT2D eigenvalue weighted by molar-refractivity contribution is -0.118. The van der Waals surface area contributed by atoms with E-state index in [1.54, 1.807) is 11.9 Å². The van der Waals surface area contributed by atoms with E-state index in [1.165, 1.54) is 0 Å². The molecule has 0 saturated carbocycles. The molecule has 0 spiro atoms. The Morgan fingerprint density at radius 3 is 2.72 bits per heavy atom. The van der Waals surface area contributed by atoms with Gasteiger partial charge in [0.15, 0.2) is 0 Å². The van der Waals surface area contributed by atoms with Crippen LogP contribution in [0.3, 0.4) is 0 Å². The number of nitrogens with two attached hydrogens (primary N) is 1. The Labute approximate surface area is 114 Å². The molecule has 0 radical (unpaired) electrons. The van der Waals surface area contributed by atoms with Crippen molar-refractivity contribution in [3.8, 4) is 0 Å². The predicted molar refractivity (Wildman–Crippen MR) is 79.9 cm³/mol. The minimum absolute atomic E-state index is 0.128. The first-order valence-electron chi connectivity index (χ1n) is 6.22. The first kappa shape index (κ1) is 14.6. The van der Waals surface area contributed by atoms with E-state index in [2.05, 4.69) is 6.92 Å². The van der Waals surface area contributed by atoms with Crippen LogP contribution in [0.2, 0.25) is 0 Å². The van der Waals surface area contributed by atoms with Gasteiger partial charge >= 0.3 is 0 Å². The van der Waals surface area contributed by atoms with Crippen LogP contribution in [0.1, 0.15) is 38.2 Å². The van der Waals surface area contributed by atoms with Crippen molar-refractivity contribution >= 4 is 28.8 Å². The summed E-state index contributed by atoms with van der Waals surface area (Å²) in [6.45, 7) is 2.12. The Morgan fingerprint density at radius 1 is 1.39 bits per heavy atom. The molecular formula is C14H20N2OS. The number of hydrogen-bond acceptors (Lipinski definition) is 2. The van der Waals surface area contributed by atoms with Gasteiger partial charge in [0.1, 0.15) is 4.99 Å². The fourth-order valence-electron chi connectivity index (χ4n) is 1.71. The SMILES string of the molecule is CCCCCC(=O)N(C)c1cccc(C(N)=S)c1. The average Bonchev–Trinajstić information content (AvgIpc) is 2.38. The fourth-order valence-corrected chi connectivity index (χ4v) is 1.83. The maximum atomic E-state index is 12.0. The molecule has 98 valence electrons. The first-order chi connectivity index (χ1) is 8.56. The molecule has 0 bridgehead atoms. The number of benzene rings is 1. The van der Waals surface area contributed by atoms with E-state index >= 15 is 0 Å². The lowest BCUT2D eigenvalue weighted by Gasteiger charge is -2.18. The van der Waals surface area contributed by atoms with E-state index in [1.807, 2.05) is 24.3 Å². The van der Waals surface area contributed by atoms with Crippen LogP contribution in [0.4, 0.5) is 5.69 Å². The summed E-state index contributed by atoms with van der Waals surface area (Å²) in [4.78, 5) is 14.0. The van der Waals surface area contributed by atoms with Crippen molar-refractivity contribution in [2.75, 3.05) is 11.9 Å². The summed E-state index contributed by atoms with van der Waals surface area (Å²) in [7, 11) is 1.78. The number of amides is 1. The molecule has 2 N–H and O–H groups in total. The van der Waals surface area contributed by atoms with Crippen LogP contribution in [0.15, 0.2) is 24.3 Å². The molecule has 0 fully saturated rings. The molecule has 0 aromatic heterocycles. The van der Waals surface area contributed by atoms with Crippen molar-refractivity contribution < 1.29 is 4.79 Å². The molecule has 0 unspecified atom stereocenters. The van der Waals surface area contributed by atoms with Gasteiger partial charge in [0.25, 0.3) is 0 Å². The Hall–Kier alpha value is -1.42. The molecule has 0 saturated heterocycles. The molecule has 1 aromatic rings. The number of carbonyl (C=O) groups excluding carboxylic acids is 1. The number of carbonyl (C=O) groups is 1. The van der Waals surface area contributed by atoms with Crippen LogP contribution in [0.5, 0.6) is 0 Å². The molecule has 0 aliphatic carbocycles. The molecule has 0 aliphatic heterocycles. The summed E-state index contributed by atoms with van der Waals surface area (Å²) in [5.41, 5.74) is 7.21. The molecule has 4 heteroatoms. The number of hydrogen-bond donors (Lipinski definition) is 1. The van der Waals surface area contributed by atoms with Crippen LogP contribution >= 0.6 is 12.2 Å². The molecule has 1 amide bonds. The molecule has 18 heavy (non-hydrogen) atoms. The molecular weight excluding hydrogens is 244 g/mol. The highest BCUT2D eigenvalue weighted by Gasteiger charge is 2.11. The number of unbranched alkanes of at least 4 members (excludes halogenated alkanes) is 2. The molecule has 0 aliphatic rings. The second-order valence-electron chi connectivity index (χ2n) is 4.32. The summed E-state index contributed by atoms with van der Waals surface area (Å²) in [6.07, 6.45) is 3.73. The minimum atomic E-state index is 0.128. The van der Waals surface area contributed by atoms with Gasteiger partial charge in [-0.15, -0.1) is 0 Å². The number of thiocarbonyl (C=S) groups is 1. The van der Waals surface area contributed by atoms with Gasteiger partial charge in [-0.2, -0.15) is 0 Å². The van der Waals surface area contributed by atoms with E-state index in [0.717, 1.165) is 30.5 Å². The molecule has 1 aromatic carbocycles. The maximum absolute atomic E-state index is 12.0. The third kappa shape index (κ3) is 4.11. The Morgan fingerprint density at radius 2 is 2.11 bits per heavy atom. The van der Waals surface area contributed by atoms with Gasteiger partial charge in [-0.3, -0.25) is 4.79 Å². The summed E-state index contributed by atoms with van der Waals surface area (Å²) in [6, 6.07) is 7.44. The normalized spacial score (nSPS) is 10.1. The van der Waals surface area contributed by atoms with E-state index in [4.69, 9.17) is 18.0 Å². The van der Waals surface area contributed by atoms with Gasteiger partial charge < -0.3 is 10.6 Å². The summed E-state index contributed by atoms with van der Waals surface area (Å²) in [5.74, 6) is 0.128. The number of anilines is 1. The molecule has 3 nitrogen and oxygen atoms in total. The second-order valence-corrected chi connectivity index (χ2v) is 4.76. The third-order valence-corrected chi connectivity index (χ3v) is 3.12. The number of nitrogens with zero attached hydrogens (tertiary/aromatic N) is 1. The highest BCUT2D eigenvalue weighted by molar-refractivity contribution is 7.80. The quantitative estimate of drug-likeness (QED) is 0.635. The largest absolute Gasteiger partial charge is 0.389 e. The van der Waals surface area contributed by atoms with Gasteiger partial charge in [-0.1, -0.05) is 44.1 Å². The topological polar surface area (TPSA) is 46.3 Å². The summed E-state index contributed by atoms with van der Waals surface area (Å²) < 4.78 is 0. The van der Waals surface area contributed by atoms with Crippen molar-refractivity contribution in [1.29, 1.82) is 0 Å². The standard InChI is InChI=1S/C14H20N2OS/c1-3-4-5-9-13(17)16(2)12-8-6-7-11(10-12)14(15)18/h6-8,10H,3-5,9H2,1-2H3,(H2,15,18). The molecule has 0 atom stereocenters. The number of rotatable bonds is 6. The van der Waals surface area contributed by atoms with Crippen molar-refractivity contribution in [2.24, 2.45) is 5.73 Å². The summed E-state index contributed by atoms with van der Waals surface area (Å²) in [5, 5.41) is 0. The van der Waals surface area contributed by atoms with Crippen molar-refractivity contribution in [3.05, 3.63) is 29.8 Å². The maximum Gasteiger partial charge on any atom is 0.226 e. The smallest absolute Gasteiger partial charge is 0.226 e. The van der Waals surface area contributed by atoms with Crippen molar-refractivity contribution in [3.63, 3.8) is 0 Å². The van der Waals surface area contributed by atoms with Crippen LogP contribution < -0.4 is 10.6 Å². The zero-order valence-electron chi connectivity index (χ0n) is 11.0. The third-order valence-electron chi connectivity index (χ3n) is 2.89. The van der Waals surface area contributed by atoms with Crippen molar-refractivity contribution in [2.45, 2.75) is 32.6 Å². The predicted octanol–water partition coefficient (Wildman–Crippen LogP) is 2.86. The van der Waals surface area contributed by atoms with E-state index in [-0.39, 0.29) is 5.91 Å². The molecule has 0 heterocycles. The monoisotopic (exact) mass is 264 g/mol. The first-order valence-corrected chi connectivity index (χ1v) is 6.63. The summed E-state index contributed by atoms with van der Waals surface area (Å²) >= 11 is 4.93. The van der Waals surface area contributed by atoms with Crippen molar-refractivity contribution in [1.82, 2.24) is 0 Å². The van der Waals surface area contributed by atoms with Gasteiger partial charge in [-0.25, -0.2) is 0 Å². The van der Waals surface area contributed by atoms with E-state index in [9.17, 15) is 4.79 Å². The fraction of sp³-hybridized carbons (Fsp3) is 0.429. The van der Waals surface area contributed by atoms with Crippen LogP contribution in [0.25, 0.3) is 0 Å². The minimum Gasteiger partial charge on any atom is -0.389 e. The van der Waals surface area contributed by atoms with E-state index in [0.29, 0.717) is 11.4 Å². The highest BCUT2D eigenvalue weighted by Crippen LogP contribution is 2.16. The van der Waals surface area contributed by atoms with Gasteiger partial charge in [-0.05, 0) is 18.6 Å². The van der Waals surface area contributed by atoms with Crippen LogP contribution in [-0.2, 0) is 4.79 Å². The average molecular weight is 264 g/mol. The Bertz CT molecular complexity index is 432. The Kier molecular flexibility index (Phi) is 5.78. The van der Waals surface area contributed by atoms with Crippen LogP contribution in [-0.4, -0.2) is 17.9 Å². The lowest BCUT2D eigenvalue weighted by atomic mass is 10.1. The highest BCUT2D eigenvalue weighted by atomic mass is 32.1. The molecule has 1 rings (SSSR count).